The van der Waals surface area contributed by atoms with Crippen molar-refractivity contribution in [2.75, 3.05) is 13.7 Å². The van der Waals surface area contributed by atoms with Crippen LogP contribution in [0.4, 0.5) is 0 Å². The average molecular weight is 224 g/mol. The van der Waals surface area contributed by atoms with Crippen LogP contribution >= 0.6 is 0 Å². The molecule has 0 amide bonds. The van der Waals surface area contributed by atoms with Gasteiger partial charge in [0, 0.05) is 13.0 Å². The Kier molecular flexibility index (Phi) is 2.96. The number of hydrogen-bond acceptors (Lipinski definition) is 4. The molecule has 2 heterocycles. The lowest BCUT2D eigenvalue weighted by Gasteiger charge is -2.08. The number of carbonyl (C=O) groups is 1. The summed E-state index contributed by atoms with van der Waals surface area (Å²) in [5.41, 5.74) is 0.533. The quantitative estimate of drug-likeness (QED) is 0.720. The molecule has 0 bridgehead atoms. The zero-order valence-electron chi connectivity index (χ0n) is 9.77. The van der Waals surface area contributed by atoms with Crippen molar-refractivity contribution >= 4 is 5.78 Å². The molecule has 1 aromatic heterocycles. The monoisotopic (exact) mass is 224 g/mol. The molecule has 0 saturated carbocycles. The summed E-state index contributed by atoms with van der Waals surface area (Å²) in [5, 5.41) is 4.03. The van der Waals surface area contributed by atoms with E-state index >= 15 is 0 Å². The summed E-state index contributed by atoms with van der Waals surface area (Å²) in [4.78, 5) is 12.2. The lowest BCUT2D eigenvalue weighted by Crippen LogP contribution is -2.19. The van der Waals surface area contributed by atoms with Gasteiger partial charge < -0.3 is 9.47 Å². The summed E-state index contributed by atoms with van der Waals surface area (Å²) in [6.07, 6.45) is 2.49. The number of ether oxygens (including phenoxy) is 2. The molecule has 0 aliphatic carbocycles. The fourth-order valence-electron chi connectivity index (χ4n) is 2.04. The number of nitrogens with zero attached hydrogens (tertiary/aromatic N) is 2. The topological polar surface area (TPSA) is 53.4 Å². The van der Waals surface area contributed by atoms with Crippen LogP contribution in [0.2, 0.25) is 0 Å². The maximum atomic E-state index is 12.2. The van der Waals surface area contributed by atoms with E-state index in [4.69, 9.17) is 9.47 Å². The summed E-state index contributed by atoms with van der Waals surface area (Å²) in [5.74, 6) is 0.521. The van der Waals surface area contributed by atoms with Crippen LogP contribution in [-0.2, 0) is 11.8 Å². The van der Waals surface area contributed by atoms with E-state index in [1.165, 1.54) is 0 Å². The molecule has 5 heteroatoms. The van der Waals surface area contributed by atoms with Crippen LogP contribution < -0.4 is 4.74 Å². The van der Waals surface area contributed by atoms with Crippen LogP contribution in [0.5, 0.6) is 5.75 Å². The zero-order valence-corrected chi connectivity index (χ0v) is 9.77. The van der Waals surface area contributed by atoms with Crippen molar-refractivity contribution in [1.82, 2.24) is 9.78 Å². The van der Waals surface area contributed by atoms with E-state index in [0.717, 1.165) is 6.42 Å². The molecule has 0 radical (unpaired) electrons. The van der Waals surface area contributed by atoms with Crippen molar-refractivity contribution in [1.29, 1.82) is 0 Å². The first-order valence-electron chi connectivity index (χ1n) is 5.35. The minimum absolute atomic E-state index is 0.0567. The summed E-state index contributed by atoms with van der Waals surface area (Å²) in [7, 11) is 3.29. The lowest BCUT2D eigenvalue weighted by atomic mass is 9.98. The fraction of sp³-hybridized carbons (Fsp3) is 0.636. The van der Waals surface area contributed by atoms with Crippen molar-refractivity contribution in [2.24, 2.45) is 13.0 Å². The fourth-order valence-corrected chi connectivity index (χ4v) is 2.04. The number of methoxy groups -OCH3 is 1. The second-order valence-electron chi connectivity index (χ2n) is 4.13. The highest BCUT2D eigenvalue weighted by Crippen LogP contribution is 2.27. The Morgan fingerprint density at radius 1 is 1.69 bits per heavy atom. The first-order chi connectivity index (χ1) is 7.63. The highest BCUT2D eigenvalue weighted by molar-refractivity contribution is 5.99. The normalized spacial score (nSPS) is 24.7. The molecule has 16 heavy (non-hydrogen) atoms. The van der Waals surface area contributed by atoms with E-state index in [2.05, 4.69) is 5.10 Å². The van der Waals surface area contributed by atoms with Gasteiger partial charge in [-0.1, -0.05) is 0 Å². The molecule has 1 aliphatic rings. The Balaban J connectivity index is 2.23. The van der Waals surface area contributed by atoms with Gasteiger partial charge in [-0.3, -0.25) is 9.48 Å². The molecule has 0 spiro atoms. The highest BCUT2D eigenvalue weighted by atomic mass is 16.5. The van der Waals surface area contributed by atoms with Crippen molar-refractivity contribution in [3.63, 3.8) is 0 Å². The smallest absolute Gasteiger partial charge is 0.190 e. The predicted molar refractivity (Wildman–Crippen MR) is 57.6 cm³/mol. The molecular formula is C11H16N2O3. The molecule has 88 valence electrons. The number of aryl methyl sites for hydroxylation is 1. The highest BCUT2D eigenvalue weighted by Gasteiger charge is 2.32. The van der Waals surface area contributed by atoms with Crippen molar-refractivity contribution in [3.05, 3.63) is 11.9 Å². The maximum Gasteiger partial charge on any atom is 0.190 e. The van der Waals surface area contributed by atoms with Crippen LogP contribution in [0.1, 0.15) is 23.8 Å². The molecule has 1 aliphatic heterocycles. The number of Topliss-reactive ketones (excluding diaryl/α,β-unsaturated/α-hetero) is 1. The van der Waals surface area contributed by atoms with Crippen molar-refractivity contribution < 1.29 is 14.3 Å². The largest absolute Gasteiger partial charge is 0.493 e. The first kappa shape index (κ1) is 11.1. The van der Waals surface area contributed by atoms with Gasteiger partial charge in [0.15, 0.2) is 11.5 Å². The van der Waals surface area contributed by atoms with Crippen LogP contribution in [0.15, 0.2) is 6.20 Å². The Labute approximate surface area is 94.3 Å². The number of carbonyl (C=O) groups excluding carboxylic acids is 1. The lowest BCUT2D eigenvalue weighted by molar-refractivity contribution is 0.0866. The van der Waals surface area contributed by atoms with Gasteiger partial charge in [-0.25, -0.2) is 0 Å². The minimum Gasteiger partial charge on any atom is -0.493 e. The number of ketones is 1. The third-order valence-electron chi connectivity index (χ3n) is 2.93. The van der Waals surface area contributed by atoms with Crippen LogP contribution in [-0.4, -0.2) is 35.4 Å². The van der Waals surface area contributed by atoms with Crippen molar-refractivity contribution in [3.8, 4) is 5.75 Å². The van der Waals surface area contributed by atoms with Crippen LogP contribution in [0, 0.1) is 5.92 Å². The van der Waals surface area contributed by atoms with E-state index in [9.17, 15) is 4.79 Å². The van der Waals surface area contributed by atoms with E-state index in [1.54, 1.807) is 25.0 Å². The van der Waals surface area contributed by atoms with Crippen molar-refractivity contribution in [2.45, 2.75) is 19.4 Å². The van der Waals surface area contributed by atoms with Gasteiger partial charge in [0.2, 0.25) is 0 Å². The molecule has 2 atom stereocenters. The van der Waals surface area contributed by atoms with E-state index < -0.39 is 0 Å². The summed E-state index contributed by atoms with van der Waals surface area (Å²) >= 11 is 0. The second kappa shape index (κ2) is 4.25. The van der Waals surface area contributed by atoms with Gasteiger partial charge in [-0.15, -0.1) is 0 Å². The van der Waals surface area contributed by atoms with Gasteiger partial charge in [-0.05, 0) is 13.3 Å². The van der Waals surface area contributed by atoms with Gasteiger partial charge in [0.1, 0.15) is 5.69 Å². The first-order valence-corrected chi connectivity index (χ1v) is 5.35. The molecule has 1 aromatic rings. The van der Waals surface area contributed by atoms with Crippen LogP contribution in [0.25, 0.3) is 0 Å². The van der Waals surface area contributed by atoms with Gasteiger partial charge >= 0.3 is 0 Å². The number of rotatable bonds is 3. The molecule has 2 rings (SSSR count). The average Bonchev–Trinajstić information content (AvgIpc) is 2.83. The second-order valence-corrected chi connectivity index (χ2v) is 4.13. The van der Waals surface area contributed by atoms with Gasteiger partial charge in [0.25, 0.3) is 0 Å². The zero-order chi connectivity index (χ0) is 11.7. The number of hydrogen-bond donors (Lipinski definition) is 0. The summed E-state index contributed by atoms with van der Waals surface area (Å²) in [6, 6.07) is 0. The van der Waals surface area contributed by atoms with E-state index in [-0.39, 0.29) is 17.8 Å². The molecule has 0 N–H and O–H groups in total. The molecule has 5 nitrogen and oxygen atoms in total. The minimum atomic E-state index is -0.0701. The number of aromatic nitrogens is 2. The maximum absolute atomic E-state index is 12.2. The Morgan fingerprint density at radius 2 is 2.44 bits per heavy atom. The third kappa shape index (κ3) is 1.82. The van der Waals surface area contributed by atoms with E-state index in [0.29, 0.717) is 18.1 Å². The Morgan fingerprint density at radius 3 is 3.00 bits per heavy atom. The summed E-state index contributed by atoms with van der Waals surface area (Å²) in [6.45, 7) is 2.47. The molecule has 1 saturated heterocycles. The predicted octanol–water partition coefficient (Wildman–Crippen LogP) is 1.04. The third-order valence-corrected chi connectivity index (χ3v) is 2.93. The molecule has 1 fully saturated rings. The Hall–Kier alpha value is -1.36. The standard InChI is InChI=1S/C11H16N2O3/c1-7-4-8(6-16-7)11(14)10-9(15-3)5-12-13(10)2/h5,7-8H,4,6H2,1-3H3. The SMILES string of the molecule is COc1cnn(C)c1C(=O)C1COC(C)C1. The van der Waals surface area contributed by atoms with Crippen LogP contribution in [0.3, 0.4) is 0 Å². The van der Waals surface area contributed by atoms with Gasteiger partial charge in [0.05, 0.1) is 26.0 Å². The molecular weight excluding hydrogens is 208 g/mol. The summed E-state index contributed by atoms with van der Waals surface area (Å²) < 4.78 is 12.1. The van der Waals surface area contributed by atoms with E-state index in [1.807, 2.05) is 6.92 Å². The molecule has 0 aromatic carbocycles. The Bertz CT molecular complexity index is 400. The molecule has 2 unspecified atom stereocenters. The van der Waals surface area contributed by atoms with Gasteiger partial charge in [-0.2, -0.15) is 5.10 Å².